The maximum absolute atomic E-state index is 12.9. The molecule has 1 aliphatic rings. The van der Waals surface area contributed by atoms with Crippen molar-refractivity contribution in [3.8, 4) is 18.4 Å². The minimum atomic E-state index is -0.636. The Kier molecular flexibility index (Phi) is 9.40. The molecule has 1 fully saturated rings. The molecule has 11 nitrogen and oxygen atoms in total. The van der Waals surface area contributed by atoms with E-state index in [1.165, 1.54) is 10.8 Å². The average molecular weight is 539 g/mol. The molecule has 2 heterocycles. The molecule has 1 aromatic heterocycles. The van der Waals surface area contributed by atoms with Gasteiger partial charge >= 0.3 is 0 Å². The van der Waals surface area contributed by atoms with Gasteiger partial charge in [0.25, 0.3) is 11.5 Å². The number of benzene rings is 1. The van der Waals surface area contributed by atoms with Gasteiger partial charge in [0, 0.05) is 31.2 Å². The van der Waals surface area contributed by atoms with Crippen molar-refractivity contribution in [3.05, 3.63) is 43.8 Å². The third-order valence-corrected chi connectivity index (χ3v) is 6.81. The highest BCUT2D eigenvalue weighted by Gasteiger charge is 2.19. The molecule has 192 valence electrons. The molecule has 13 heteroatoms. The summed E-state index contributed by atoms with van der Waals surface area (Å²) in [5, 5.41) is 21.6. The summed E-state index contributed by atoms with van der Waals surface area (Å²) in [4.78, 5) is 41.5. The van der Waals surface area contributed by atoms with Crippen LogP contribution in [0.2, 0.25) is 0 Å². The van der Waals surface area contributed by atoms with Crippen LogP contribution < -0.4 is 40.9 Å². The number of likely N-dealkylation sites (N-methyl/N-ethyl adjacent to an activating group) is 1. The van der Waals surface area contributed by atoms with E-state index >= 15 is 0 Å². The van der Waals surface area contributed by atoms with E-state index in [1.807, 2.05) is 11.0 Å². The summed E-state index contributed by atoms with van der Waals surface area (Å²) in [5.74, 6) is 1.54. The van der Waals surface area contributed by atoms with Crippen LogP contribution in [0.15, 0.2) is 29.1 Å². The van der Waals surface area contributed by atoms with E-state index in [0.717, 1.165) is 11.3 Å². The first-order valence-electron chi connectivity index (χ1n) is 11.2. The number of thiazole rings is 1. The number of amides is 2. The second kappa shape index (κ2) is 12.7. The summed E-state index contributed by atoms with van der Waals surface area (Å²) in [6.45, 7) is 3.17. The number of rotatable bonds is 8. The number of hydrogen-bond donors (Lipinski definition) is 4. The van der Waals surface area contributed by atoms with Gasteiger partial charge in [-0.05, 0) is 37.3 Å². The number of carbonyl (C=O) groups is 2. The number of thiocarbonyl (C=S) groups is 1. The van der Waals surface area contributed by atoms with Gasteiger partial charge < -0.3 is 26.2 Å². The molecule has 0 saturated carbocycles. The highest BCUT2D eigenvalue weighted by Crippen LogP contribution is 2.19. The van der Waals surface area contributed by atoms with Gasteiger partial charge in [-0.15, -0.1) is 17.8 Å². The Morgan fingerprint density at radius 3 is 2.73 bits per heavy atom. The summed E-state index contributed by atoms with van der Waals surface area (Å²) >= 11 is 6.06. The zero-order chi connectivity index (χ0) is 26.9. The van der Waals surface area contributed by atoms with E-state index in [4.69, 9.17) is 18.6 Å². The number of nitrogens with one attached hydrogen (secondary N) is 4. The van der Waals surface area contributed by atoms with Crippen molar-refractivity contribution in [2.24, 2.45) is 0 Å². The van der Waals surface area contributed by atoms with Gasteiger partial charge in [-0.25, -0.2) is 0 Å². The average Bonchev–Trinajstić information content (AvgIpc) is 3.22. The Morgan fingerprint density at radius 1 is 1.35 bits per heavy atom. The zero-order valence-corrected chi connectivity index (χ0v) is 22.0. The molecule has 0 radical (unpaired) electrons. The van der Waals surface area contributed by atoms with Crippen molar-refractivity contribution >= 4 is 63.6 Å². The van der Waals surface area contributed by atoms with Gasteiger partial charge in [-0.3, -0.25) is 23.9 Å². The maximum Gasteiger partial charge on any atom is 0.270 e. The standard InChI is InChI=1S/C24H26N8O3S2/c1-4-9-26-21(34)18(11-25)23-32(5-2)22(35)19(37-23)12-27-16-7-6-8-17(10-16)30(3)20(33)13-31-14-28-24(36)29-15-31/h1,6-8,10,12,27H,5,9,13-15H2,2-3H3,(H,26,34)(H2,28,29,36). The van der Waals surface area contributed by atoms with E-state index in [2.05, 4.69) is 27.2 Å². The highest BCUT2D eigenvalue weighted by atomic mass is 32.1. The Hall–Kier alpha value is -4.17. The van der Waals surface area contributed by atoms with Crippen molar-refractivity contribution in [1.29, 1.82) is 5.26 Å². The second-order valence-electron chi connectivity index (χ2n) is 7.81. The SMILES string of the molecule is C#CCNC(=O)C(C#N)=c1sc(=CNc2cccc(N(C)C(=O)CN3CNC(=S)NC3)c2)c(=O)n1CC. The molecule has 0 atom stereocenters. The van der Waals surface area contributed by atoms with Gasteiger partial charge in [0.05, 0.1) is 26.4 Å². The molecule has 2 amide bonds. The number of aromatic nitrogens is 1. The van der Waals surface area contributed by atoms with E-state index in [-0.39, 0.29) is 41.3 Å². The molecule has 0 spiro atoms. The molecule has 0 bridgehead atoms. The molecule has 1 saturated heterocycles. The molecular formula is C24H26N8O3S2. The second-order valence-corrected chi connectivity index (χ2v) is 9.25. The van der Waals surface area contributed by atoms with Crippen molar-refractivity contribution < 1.29 is 9.59 Å². The van der Waals surface area contributed by atoms with Crippen LogP contribution in [0.25, 0.3) is 11.8 Å². The quantitative estimate of drug-likeness (QED) is 0.243. The molecule has 3 rings (SSSR count). The highest BCUT2D eigenvalue weighted by molar-refractivity contribution is 7.80. The van der Waals surface area contributed by atoms with E-state index in [0.29, 0.717) is 34.4 Å². The Bertz CT molecular complexity index is 1450. The van der Waals surface area contributed by atoms with E-state index < -0.39 is 5.91 Å². The fourth-order valence-corrected chi connectivity index (χ4v) is 4.62. The minimum absolute atomic E-state index is 0.0283. The molecular weight excluding hydrogens is 512 g/mol. The van der Waals surface area contributed by atoms with Crippen LogP contribution >= 0.6 is 23.6 Å². The first-order chi connectivity index (χ1) is 17.8. The van der Waals surface area contributed by atoms with Crippen LogP contribution in [-0.4, -0.2) is 59.9 Å². The van der Waals surface area contributed by atoms with Crippen molar-refractivity contribution in [2.75, 3.05) is 43.7 Å². The van der Waals surface area contributed by atoms with Crippen LogP contribution in [0, 0.1) is 23.7 Å². The van der Waals surface area contributed by atoms with Crippen LogP contribution in [0.1, 0.15) is 6.92 Å². The Labute approximate surface area is 223 Å². The fraction of sp³-hybridized carbons (Fsp3) is 0.292. The first-order valence-corrected chi connectivity index (χ1v) is 12.4. The van der Waals surface area contributed by atoms with Gasteiger partial charge in [0.1, 0.15) is 15.3 Å². The lowest BCUT2D eigenvalue weighted by Crippen LogP contribution is -2.56. The van der Waals surface area contributed by atoms with Crippen LogP contribution in [0.3, 0.4) is 0 Å². The fourth-order valence-electron chi connectivity index (χ4n) is 3.40. The van der Waals surface area contributed by atoms with E-state index in [1.54, 1.807) is 43.1 Å². The topological polar surface area (TPSA) is 135 Å². The van der Waals surface area contributed by atoms with Gasteiger partial charge in [-0.1, -0.05) is 12.0 Å². The van der Waals surface area contributed by atoms with Crippen molar-refractivity contribution in [2.45, 2.75) is 13.5 Å². The van der Waals surface area contributed by atoms with Crippen molar-refractivity contribution in [3.63, 3.8) is 0 Å². The predicted molar refractivity (Wildman–Crippen MR) is 148 cm³/mol. The monoisotopic (exact) mass is 538 g/mol. The Morgan fingerprint density at radius 2 is 2.08 bits per heavy atom. The number of nitriles is 1. The zero-order valence-electron chi connectivity index (χ0n) is 20.3. The third-order valence-electron chi connectivity index (χ3n) is 5.39. The Balaban J connectivity index is 1.82. The summed E-state index contributed by atoms with van der Waals surface area (Å²) in [5.41, 5.74) is 0.804. The molecule has 1 aliphatic heterocycles. The molecule has 4 N–H and O–H groups in total. The normalized spacial score (nSPS) is 14.5. The number of hydrogen-bond acceptors (Lipinski definition) is 8. The lowest BCUT2D eigenvalue weighted by molar-refractivity contribution is -0.119. The number of nitrogens with zero attached hydrogens (tertiary/aromatic N) is 4. The van der Waals surface area contributed by atoms with Gasteiger partial charge in [0.2, 0.25) is 5.91 Å². The van der Waals surface area contributed by atoms with Crippen LogP contribution in [0.4, 0.5) is 11.4 Å². The predicted octanol–water partition coefficient (Wildman–Crippen LogP) is -1.14. The summed E-state index contributed by atoms with van der Waals surface area (Å²) < 4.78 is 1.93. The molecule has 1 aromatic carbocycles. The number of terminal acetylenes is 1. The third kappa shape index (κ3) is 6.74. The smallest absolute Gasteiger partial charge is 0.270 e. The molecule has 0 unspecified atom stereocenters. The largest absolute Gasteiger partial charge is 0.360 e. The number of anilines is 2. The van der Waals surface area contributed by atoms with Crippen molar-refractivity contribution in [1.82, 2.24) is 25.4 Å². The molecule has 0 aliphatic carbocycles. The summed E-state index contributed by atoms with van der Waals surface area (Å²) in [6, 6.07) is 9.05. The minimum Gasteiger partial charge on any atom is -0.360 e. The number of carbonyl (C=O) groups excluding carboxylic acids is 2. The van der Waals surface area contributed by atoms with Crippen LogP contribution in [0.5, 0.6) is 0 Å². The lowest BCUT2D eigenvalue weighted by atomic mass is 10.2. The van der Waals surface area contributed by atoms with Gasteiger partial charge in [0.15, 0.2) is 10.7 Å². The summed E-state index contributed by atoms with van der Waals surface area (Å²) in [7, 11) is 1.69. The van der Waals surface area contributed by atoms with Crippen LogP contribution in [-0.2, 0) is 16.1 Å². The lowest BCUT2D eigenvalue weighted by Gasteiger charge is -2.30. The maximum atomic E-state index is 12.9. The van der Waals surface area contributed by atoms with E-state index in [9.17, 15) is 19.6 Å². The van der Waals surface area contributed by atoms with Gasteiger partial charge in [-0.2, -0.15) is 5.26 Å². The first kappa shape index (κ1) is 27.4. The molecule has 37 heavy (non-hydrogen) atoms. The summed E-state index contributed by atoms with van der Waals surface area (Å²) in [6.07, 6.45) is 6.69. The molecule has 2 aromatic rings.